The van der Waals surface area contributed by atoms with Crippen molar-refractivity contribution in [2.75, 3.05) is 7.11 Å². The molecular weight excluding hydrogens is 284 g/mol. The molecule has 4 aromatic rings. The highest BCUT2D eigenvalue weighted by atomic mass is 16.5. The lowest BCUT2D eigenvalue weighted by Gasteiger charge is -2.04. The zero-order valence-corrected chi connectivity index (χ0v) is 12.8. The summed E-state index contributed by atoms with van der Waals surface area (Å²) in [5.74, 6) is 0.837. The van der Waals surface area contributed by atoms with Gasteiger partial charge < -0.3 is 4.74 Å². The van der Waals surface area contributed by atoms with Crippen molar-refractivity contribution in [3.05, 3.63) is 78.9 Å². The van der Waals surface area contributed by atoms with E-state index in [0.717, 1.165) is 33.6 Å². The third kappa shape index (κ3) is 2.27. The molecule has 112 valence electrons. The number of hydrogen-bond donors (Lipinski definition) is 0. The number of ether oxygens (including phenoxy) is 1. The van der Waals surface area contributed by atoms with E-state index >= 15 is 0 Å². The van der Waals surface area contributed by atoms with Crippen LogP contribution in [0.15, 0.2) is 78.9 Å². The van der Waals surface area contributed by atoms with E-state index in [9.17, 15) is 0 Å². The maximum Gasteiger partial charge on any atom is 0.130 e. The highest BCUT2D eigenvalue weighted by Crippen LogP contribution is 2.35. The molecule has 3 nitrogen and oxygen atoms in total. The summed E-state index contributed by atoms with van der Waals surface area (Å²) in [5.41, 5.74) is 4.08. The minimum absolute atomic E-state index is 0.837. The van der Waals surface area contributed by atoms with Crippen LogP contribution in [0.4, 0.5) is 0 Å². The quantitative estimate of drug-likeness (QED) is 0.548. The number of benzene rings is 3. The predicted molar refractivity (Wildman–Crippen MR) is 93.1 cm³/mol. The lowest BCUT2D eigenvalue weighted by molar-refractivity contribution is 0.420. The summed E-state index contributed by atoms with van der Waals surface area (Å²) in [5, 5.41) is 5.91. The van der Waals surface area contributed by atoms with Gasteiger partial charge >= 0.3 is 0 Å². The van der Waals surface area contributed by atoms with Crippen LogP contribution in [0.2, 0.25) is 0 Å². The van der Waals surface area contributed by atoms with Crippen LogP contribution < -0.4 is 4.74 Å². The molecular formula is C20H16N2O. The smallest absolute Gasteiger partial charge is 0.130 e. The minimum atomic E-state index is 0.837. The Morgan fingerprint density at radius 2 is 1.48 bits per heavy atom. The molecule has 0 fully saturated rings. The molecule has 0 atom stereocenters. The fourth-order valence-electron chi connectivity index (χ4n) is 2.87. The van der Waals surface area contributed by atoms with E-state index in [1.54, 1.807) is 7.11 Å². The first kappa shape index (κ1) is 13.6. The monoisotopic (exact) mass is 300 g/mol. The number of nitrogens with zero attached hydrogens (tertiary/aromatic N) is 2. The highest BCUT2D eigenvalue weighted by Gasteiger charge is 2.16. The number of rotatable bonds is 3. The zero-order valence-electron chi connectivity index (χ0n) is 12.8. The second-order valence-electron chi connectivity index (χ2n) is 5.32. The molecule has 1 heterocycles. The average Bonchev–Trinajstić information content (AvgIpc) is 3.03. The Labute approximate surface area is 134 Å². The van der Waals surface area contributed by atoms with Gasteiger partial charge in [0.15, 0.2) is 0 Å². The van der Waals surface area contributed by atoms with Gasteiger partial charge in [-0.2, -0.15) is 5.10 Å². The van der Waals surface area contributed by atoms with E-state index in [0.29, 0.717) is 0 Å². The number of fused-ring (bicyclic) bond motifs is 1. The molecule has 0 aliphatic rings. The minimum Gasteiger partial charge on any atom is -0.496 e. The Balaban J connectivity index is 2.07. The van der Waals surface area contributed by atoms with E-state index in [-0.39, 0.29) is 0 Å². The summed E-state index contributed by atoms with van der Waals surface area (Å²) in [6.45, 7) is 0. The Morgan fingerprint density at radius 1 is 0.783 bits per heavy atom. The normalized spacial score (nSPS) is 10.8. The Morgan fingerprint density at radius 3 is 2.17 bits per heavy atom. The van der Waals surface area contributed by atoms with Crippen LogP contribution in [-0.2, 0) is 0 Å². The van der Waals surface area contributed by atoms with Crippen LogP contribution in [0.5, 0.6) is 5.75 Å². The zero-order chi connectivity index (χ0) is 15.6. The summed E-state index contributed by atoms with van der Waals surface area (Å²) in [4.78, 5) is 0. The third-order valence-electron chi connectivity index (χ3n) is 3.94. The van der Waals surface area contributed by atoms with Crippen molar-refractivity contribution in [2.24, 2.45) is 0 Å². The van der Waals surface area contributed by atoms with Gasteiger partial charge in [0.1, 0.15) is 11.4 Å². The van der Waals surface area contributed by atoms with Gasteiger partial charge in [-0.15, -0.1) is 0 Å². The molecule has 23 heavy (non-hydrogen) atoms. The molecule has 0 unspecified atom stereocenters. The van der Waals surface area contributed by atoms with Gasteiger partial charge in [0.05, 0.1) is 23.7 Å². The molecule has 0 bridgehead atoms. The van der Waals surface area contributed by atoms with Crippen molar-refractivity contribution in [2.45, 2.75) is 0 Å². The van der Waals surface area contributed by atoms with Crippen LogP contribution in [0, 0.1) is 0 Å². The van der Waals surface area contributed by atoms with Crippen LogP contribution in [-0.4, -0.2) is 16.9 Å². The maximum absolute atomic E-state index is 5.59. The molecule has 0 aliphatic carbocycles. The maximum atomic E-state index is 5.59. The summed E-state index contributed by atoms with van der Waals surface area (Å²) >= 11 is 0. The summed E-state index contributed by atoms with van der Waals surface area (Å²) in [7, 11) is 1.70. The fourth-order valence-corrected chi connectivity index (χ4v) is 2.87. The average molecular weight is 300 g/mol. The summed E-state index contributed by atoms with van der Waals surface area (Å²) < 4.78 is 7.56. The highest BCUT2D eigenvalue weighted by molar-refractivity contribution is 5.98. The predicted octanol–water partition coefficient (Wildman–Crippen LogP) is 4.70. The van der Waals surface area contributed by atoms with Crippen LogP contribution in [0.3, 0.4) is 0 Å². The number of aromatic nitrogens is 2. The Bertz CT molecular complexity index is 943. The Hall–Kier alpha value is -3.07. The molecule has 0 amide bonds. The van der Waals surface area contributed by atoms with Gasteiger partial charge in [-0.3, -0.25) is 0 Å². The molecule has 1 aromatic heterocycles. The van der Waals surface area contributed by atoms with Gasteiger partial charge in [-0.25, -0.2) is 4.68 Å². The SMILES string of the molecule is COc1cccc2c1c(-c1ccccc1)nn2-c1ccccc1. The number of hydrogen-bond acceptors (Lipinski definition) is 2. The lowest BCUT2D eigenvalue weighted by atomic mass is 10.1. The number of para-hydroxylation sites is 1. The standard InChI is InChI=1S/C20H16N2O/c1-23-18-14-8-13-17-19(18)20(15-9-4-2-5-10-15)21-22(17)16-11-6-3-7-12-16/h2-14H,1H3. The van der Waals surface area contributed by atoms with Gasteiger partial charge in [0.25, 0.3) is 0 Å². The summed E-state index contributed by atoms with van der Waals surface area (Å²) in [6.07, 6.45) is 0. The van der Waals surface area contributed by atoms with Crippen molar-refractivity contribution in [1.82, 2.24) is 9.78 Å². The van der Waals surface area contributed by atoms with Crippen molar-refractivity contribution in [1.29, 1.82) is 0 Å². The molecule has 0 saturated heterocycles. The van der Waals surface area contributed by atoms with Gasteiger partial charge in [0, 0.05) is 5.56 Å². The summed E-state index contributed by atoms with van der Waals surface area (Å²) in [6, 6.07) is 26.4. The molecule has 0 radical (unpaired) electrons. The van der Waals surface area contributed by atoms with E-state index in [2.05, 4.69) is 30.3 Å². The Kier molecular flexibility index (Phi) is 3.31. The topological polar surface area (TPSA) is 27.1 Å². The van der Waals surface area contributed by atoms with Crippen molar-refractivity contribution >= 4 is 10.9 Å². The van der Waals surface area contributed by atoms with E-state index in [4.69, 9.17) is 9.84 Å². The fraction of sp³-hybridized carbons (Fsp3) is 0.0500. The lowest BCUT2D eigenvalue weighted by Crippen LogP contribution is -1.95. The number of methoxy groups -OCH3 is 1. The van der Waals surface area contributed by atoms with E-state index in [1.807, 2.05) is 53.2 Å². The van der Waals surface area contributed by atoms with Gasteiger partial charge in [0.2, 0.25) is 0 Å². The van der Waals surface area contributed by atoms with Gasteiger partial charge in [-0.1, -0.05) is 54.6 Å². The van der Waals surface area contributed by atoms with Gasteiger partial charge in [-0.05, 0) is 24.3 Å². The molecule has 0 spiro atoms. The van der Waals surface area contributed by atoms with E-state index in [1.165, 1.54) is 0 Å². The van der Waals surface area contributed by atoms with E-state index < -0.39 is 0 Å². The second-order valence-corrected chi connectivity index (χ2v) is 5.32. The molecule has 0 saturated carbocycles. The molecule has 4 rings (SSSR count). The van der Waals surface area contributed by atoms with Crippen molar-refractivity contribution in [3.8, 4) is 22.7 Å². The van der Waals surface area contributed by atoms with Crippen LogP contribution in [0.1, 0.15) is 0 Å². The second kappa shape index (κ2) is 5.61. The van der Waals surface area contributed by atoms with Crippen LogP contribution in [0.25, 0.3) is 27.8 Å². The largest absolute Gasteiger partial charge is 0.496 e. The van der Waals surface area contributed by atoms with Crippen molar-refractivity contribution < 1.29 is 4.74 Å². The molecule has 3 heteroatoms. The van der Waals surface area contributed by atoms with Crippen molar-refractivity contribution in [3.63, 3.8) is 0 Å². The molecule has 3 aromatic carbocycles. The first-order valence-electron chi connectivity index (χ1n) is 7.55. The first-order valence-corrected chi connectivity index (χ1v) is 7.55. The first-order chi connectivity index (χ1) is 11.4. The molecule has 0 N–H and O–H groups in total. The third-order valence-corrected chi connectivity index (χ3v) is 3.94. The van der Waals surface area contributed by atoms with Crippen LogP contribution >= 0.6 is 0 Å². The molecule has 0 aliphatic heterocycles.